The Balaban J connectivity index is 1.41. The maximum absolute atomic E-state index is 11.8. The molecule has 0 unspecified atom stereocenters. The summed E-state index contributed by atoms with van der Waals surface area (Å²) in [5, 5.41) is 4.17. The monoisotopic (exact) mass is 492 g/mol. The van der Waals surface area contributed by atoms with Crippen LogP contribution in [0, 0.1) is 0 Å². The fraction of sp³-hybridized carbons (Fsp3) is 0.346. The van der Waals surface area contributed by atoms with Crippen molar-refractivity contribution in [3.05, 3.63) is 77.8 Å². The van der Waals surface area contributed by atoms with Crippen LogP contribution in [0.15, 0.2) is 65.2 Å². The second kappa shape index (κ2) is 10.6. The zero-order valence-electron chi connectivity index (χ0n) is 19.6. The largest absolute Gasteiger partial charge is 0.465 e. The lowest BCUT2D eigenvalue weighted by Crippen LogP contribution is -2.42. The van der Waals surface area contributed by atoms with Crippen LogP contribution in [0.5, 0.6) is 0 Å². The van der Waals surface area contributed by atoms with E-state index in [2.05, 4.69) is 20.1 Å². The number of nitrogens with zero attached hydrogens (tertiary/aromatic N) is 3. The fourth-order valence-corrected chi connectivity index (χ4v) is 4.92. The molecule has 8 nitrogen and oxygen atoms in total. The van der Waals surface area contributed by atoms with E-state index in [0.717, 1.165) is 62.2 Å². The van der Waals surface area contributed by atoms with Crippen molar-refractivity contribution in [1.82, 2.24) is 20.1 Å². The normalized spacial score (nSPS) is 20.6. The van der Waals surface area contributed by atoms with Crippen molar-refractivity contribution in [2.45, 2.75) is 12.1 Å². The van der Waals surface area contributed by atoms with Gasteiger partial charge in [-0.2, -0.15) is 0 Å². The van der Waals surface area contributed by atoms with E-state index in [1.807, 2.05) is 42.5 Å². The van der Waals surface area contributed by atoms with Crippen LogP contribution in [-0.2, 0) is 9.47 Å². The number of aromatic nitrogens is 1. The van der Waals surface area contributed by atoms with E-state index in [1.165, 1.54) is 7.11 Å². The Kier molecular flexibility index (Phi) is 7.08. The van der Waals surface area contributed by atoms with Gasteiger partial charge in [-0.25, -0.2) is 4.79 Å². The van der Waals surface area contributed by atoms with E-state index in [1.54, 1.807) is 18.3 Å². The van der Waals surface area contributed by atoms with Crippen LogP contribution < -0.4 is 5.32 Å². The van der Waals surface area contributed by atoms with Crippen molar-refractivity contribution in [2.24, 2.45) is 0 Å². The van der Waals surface area contributed by atoms with Crippen LogP contribution >= 0.6 is 12.2 Å². The number of ether oxygens (including phenoxy) is 2. The smallest absolute Gasteiger partial charge is 0.337 e. The number of carbonyl (C=O) groups is 1. The summed E-state index contributed by atoms with van der Waals surface area (Å²) in [5.74, 6) is 1.17. The predicted octanol–water partition coefficient (Wildman–Crippen LogP) is 3.43. The summed E-state index contributed by atoms with van der Waals surface area (Å²) in [6.07, 6.45) is 1.80. The summed E-state index contributed by atoms with van der Waals surface area (Å²) in [4.78, 5) is 21.0. The van der Waals surface area contributed by atoms with Crippen molar-refractivity contribution in [3.63, 3.8) is 0 Å². The molecule has 0 spiro atoms. The lowest BCUT2D eigenvalue weighted by atomic mass is 10.0. The van der Waals surface area contributed by atoms with Gasteiger partial charge in [-0.05, 0) is 48.6 Å². The van der Waals surface area contributed by atoms with Crippen LogP contribution in [-0.4, -0.2) is 72.4 Å². The highest BCUT2D eigenvalue weighted by atomic mass is 32.1. The second-order valence-electron chi connectivity index (χ2n) is 8.54. The molecular formula is C26H28N4O4S. The summed E-state index contributed by atoms with van der Waals surface area (Å²) in [6.45, 7) is 5.03. The van der Waals surface area contributed by atoms with Crippen molar-refractivity contribution in [3.8, 4) is 11.3 Å². The lowest BCUT2D eigenvalue weighted by Gasteiger charge is -2.31. The van der Waals surface area contributed by atoms with Gasteiger partial charge in [-0.15, -0.1) is 0 Å². The zero-order chi connectivity index (χ0) is 24.2. The molecule has 0 bridgehead atoms. The van der Waals surface area contributed by atoms with Gasteiger partial charge in [0.05, 0.1) is 37.6 Å². The molecule has 4 heterocycles. The van der Waals surface area contributed by atoms with Gasteiger partial charge >= 0.3 is 5.97 Å². The van der Waals surface area contributed by atoms with Crippen molar-refractivity contribution in [2.75, 3.05) is 46.5 Å². The average molecular weight is 493 g/mol. The third-order valence-corrected chi connectivity index (χ3v) is 6.82. The number of carbonyl (C=O) groups excluding carboxylic acids is 1. The first-order valence-electron chi connectivity index (χ1n) is 11.7. The Morgan fingerprint density at radius 3 is 2.63 bits per heavy atom. The molecule has 2 fully saturated rings. The van der Waals surface area contributed by atoms with Gasteiger partial charge in [0.15, 0.2) is 5.11 Å². The highest BCUT2D eigenvalue weighted by Crippen LogP contribution is 2.40. The molecule has 0 radical (unpaired) electrons. The Bertz CT molecular complexity index is 1160. The maximum Gasteiger partial charge on any atom is 0.337 e. The first-order chi connectivity index (χ1) is 17.1. The molecule has 1 aromatic carbocycles. The van der Waals surface area contributed by atoms with Crippen LogP contribution in [0.4, 0.5) is 0 Å². The minimum atomic E-state index is -0.365. The molecule has 2 aromatic heterocycles. The summed E-state index contributed by atoms with van der Waals surface area (Å²) in [5.41, 5.74) is 2.29. The number of rotatable bonds is 7. The minimum absolute atomic E-state index is 0.130. The number of furan rings is 1. The number of pyridine rings is 1. The maximum atomic E-state index is 11.8. The number of nitrogens with one attached hydrogen (secondary N) is 1. The molecule has 2 aliphatic heterocycles. The molecule has 0 saturated carbocycles. The molecule has 1 N–H and O–H groups in total. The third-order valence-electron chi connectivity index (χ3n) is 6.47. The number of methoxy groups -OCH3 is 1. The van der Waals surface area contributed by atoms with Crippen molar-refractivity contribution >= 4 is 23.3 Å². The standard InChI is InChI=1S/C26H28N4O4S/c1-32-25(31)19-7-5-18(6-8-19)21-9-10-22(34-21)24-23(20-4-2-3-11-27-20)28-26(35)30(24)13-12-29-14-16-33-17-15-29/h2-11,23-24H,12-17H2,1H3,(H,28,35)/t23-,24-/m0/s1. The summed E-state index contributed by atoms with van der Waals surface area (Å²) in [7, 11) is 1.37. The van der Waals surface area contributed by atoms with Crippen LogP contribution in [0.25, 0.3) is 11.3 Å². The van der Waals surface area contributed by atoms with E-state index in [-0.39, 0.29) is 18.1 Å². The topological polar surface area (TPSA) is 80.1 Å². The van der Waals surface area contributed by atoms with Crippen molar-refractivity contribution < 1.29 is 18.7 Å². The van der Waals surface area contributed by atoms with E-state index in [4.69, 9.17) is 26.1 Å². The quantitative estimate of drug-likeness (QED) is 0.394. The Morgan fingerprint density at radius 1 is 1.11 bits per heavy atom. The van der Waals surface area contributed by atoms with Crippen molar-refractivity contribution in [1.29, 1.82) is 0 Å². The first kappa shape index (κ1) is 23.5. The fourth-order valence-electron chi connectivity index (χ4n) is 4.58. The summed E-state index contributed by atoms with van der Waals surface area (Å²) >= 11 is 5.77. The first-order valence-corrected chi connectivity index (χ1v) is 12.1. The van der Waals surface area contributed by atoms with Gasteiger partial charge in [0.2, 0.25) is 0 Å². The Hall–Kier alpha value is -3.27. The SMILES string of the molecule is COC(=O)c1ccc(-c2ccc([C@H]3[C@H](c4ccccn4)NC(=S)N3CCN3CCOCC3)o2)cc1. The number of esters is 1. The molecule has 2 aliphatic rings. The number of hydrogen-bond acceptors (Lipinski definition) is 7. The molecule has 35 heavy (non-hydrogen) atoms. The van der Waals surface area contributed by atoms with E-state index in [0.29, 0.717) is 10.7 Å². The van der Waals surface area contributed by atoms with Gasteiger partial charge in [0.1, 0.15) is 17.6 Å². The summed E-state index contributed by atoms with van der Waals surface area (Å²) < 4.78 is 16.7. The molecule has 2 atom stereocenters. The van der Waals surface area contributed by atoms with E-state index >= 15 is 0 Å². The van der Waals surface area contributed by atoms with E-state index < -0.39 is 0 Å². The Labute approximate surface area is 209 Å². The number of thiocarbonyl (C=S) groups is 1. The molecule has 0 amide bonds. The highest BCUT2D eigenvalue weighted by molar-refractivity contribution is 7.80. The van der Waals surface area contributed by atoms with Crippen LogP contribution in [0.3, 0.4) is 0 Å². The highest BCUT2D eigenvalue weighted by Gasteiger charge is 2.41. The molecule has 3 aromatic rings. The van der Waals surface area contributed by atoms with Gasteiger partial charge in [0, 0.05) is 37.9 Å². The minimum Gasteiger partial charge on any atom is -0.465 e. The number of benzene rings is 1. The average Bonchev–Trinajstić information content (AvgIpc) is 3.52. The number of hydrogen-bond donors (Lipinski definition) is 1. The third kappa shape index (κ3) is 5.07. The predicted molar refractivity (Wildman–Crippen MR) is 135 cm³/mol. The van der Waals surface area contributed by atoms with Gasteiger partial charge < -0.3 is 24.1 Å². The molecule has 9 heteroatoms. The van der Waals surface area contributed by atoms with Gasteiger partial charge in [0.25, 0.3) is 0 Å². The van der Waals surface area contributed by atoms with Gasteiger partial charge in [-0.3, -0.25) is 9.88 Å². The number of morpholine rings is 1. The molecule has 5 rings (SSSR count). The van der Waals surface area contributed by atoms with E-state index in [9.17, 15) is 4.79 Å². The van der Waals surface area contributed by atoms with Crippen LogP contribution in [0.1, 0.15) is 33.9 Å². The molecule has 0 aliphatic carbocycles. The second-order valence-corrected chi connectivity index (χ2v) is 8.93. The molecule has 182 valence electrons. The molecular weight excluding hydrogens is 464 g/mol. The molecule has 2 saturated heterocycles. The lowest BCUT2D eigenvalue weighted by molar-refractivity contribution is 0.0347. The summed E-state index contributed by atoms with van der Waals surface area (Å²) in [6, 6.07) is 16.8. The Morgan fingerprint density at radius 2 is 1.91 bits per heavy atom. The van der Waals surface area contributed by atoms with Crippen LogP contribution in [0.2, 0.25) is 0 Å². The van der Waals surface area contributed by atoms with Gasteiger partial charge in [-0.1, -0.05) is 18.2 Å². The zero-order valence-corrected chi connectivity index (χ0v) is 20.4.